The lowest BCUT2D eigenvalue weighted by Gasteiger charge is -2.18. The van der Waals surface area contributed by atoms with E-state index in [2.05, 4.69) is 17.4 Å². The first-order chi connectivity index (χ1) is 14.6. The van der Waals surface area contributed by atoms with Crippen molar-refractivity contribution >= 4 is 21.7 Å². The highest BCUT2D eigenvalue weighted by Crippen LogP contribution is 2.36. The Labute approximate surface area is 183 Å². The molecule has 1 aromatic carbocycles. The Kier molecular flexibility index (Phi) is 5.87. The molecule has 3 N–H and O–H groups in total. The lowest BCUT2D eigenvalue weighted by atomic mass is 9.93. The molecule has 2 amide bonds. The maximum absolute atomic E-state index is 12.7. The zero-order chi connectivity index (χ0) is 22.2. The van der Waals surface area contributed by atoms with E-state index in [-0.39, 0.29) is 0 Å². The molecule has 1 aromatic heterocycles. The summed E-state index contributed by atoms with van der Waals surface area (Å²) >= 11 is 0. The summed E-state index contributed by atoms with van der Waals surface area (Å²) in [7, 11) is -4.21. The number of aliphatic hydroxyl groups is 1. The van der Waals surface area contributed by atoms with Gasteiger partial charge in [0.2, 0.25) is 5.09 Å². The number of anilines is 1. The third-order valence-electron chi connectivity index (χ3n) is 6.36. The van der Waals surface area contributed by atoms with E-state index in [4.69, 9.17) is 4.42 Å². The van der Waals surface area contributed by atoms with Crippen LogP contribution >= 0.6 is 0 Å². The molecule has 7 nitrogen and oxygen atoms in total. The Morgan fingerprint density at radius 1 is 1.19 bits per heavy atom. The largest absolute Gasteiger partial charge is 0.451 e. The summed E-state index contributed by atoms with van der Waals surface area (Å²) in [6.45, 7) is 3.05. The number of hydrogen-bond donors (Lipinski definition) is 3. The predicted octanol–water partition coefficient (Wildman–Crippen LogP) is 4.24. The van der Waals surface area contributed by atoms with E-state index in [0.717, 1.165) is 42.5 Å². The molecule has 0 unspecified atom stereocenters. The maximum atomic E-state index is 12.7. The summed E-state index contributed by atoms with van der Waals surface area (Å²) < 4.78 is 32.4. The zero-order valence-corrected chi connectivity index (χ0v) is 18.8. The minimum atomic E-state index is -4.21. The van der Waals surface area contributed by atoms with Crippen molar-refractivity contribution in [2.75, 3.05) is 5.32 Å². The third-order valence-corrected chi connectivity index (χ3v) is 7.56. The van der Waals surface area contributed by atoms with Crippen molar-refractivity contribution in [3.05, 3.63) is 46.7 Å². The molecule has 2 aliphatic rings. The average Bonchev–Trinajstić information content (AvgIpc) is 3.44. The van der Waals surface area contributed by atoms with Crippen LogP contribution in [0.3, 0.4) is 0 Å². The molecule has 1 saturated carbocycles. The van der Waals surface area contributed by atoms with Crippen molar-refractivity contribution in [1.82, 2.24) is 4.72 Å². The van der Waals surface area contributed by atoms with Crippen molar-refractivity contribution in [1.29, 1.82) is 0 Å². The molecule has 0 atom stereocenters. The summed E-state index contributed by atoms with van der Waals surface area (Å²) in [5.74, 6) is 0.607. The number of furan rings is 1. The molecule has 0 spiro atoms. The van der Waals surface area contributed by atoms with Crippen molar-refractivity contribution in [3.63, 3.8) is 0 Å². The van der Waals surface area contributed by atoms with Gasteiger partial charge in [-0.3, -0.25) is 0 Å². The Morgan fingerprint density at radius 3 is 2.61 bits per heavy atom. The lowest BCUT2D eigenvalue weighted by molar-refractivity contribution is 0.0779. The summed E-state index contributed by atoms with van der Waals surface area (Å²) in [6, 6.07) is 4.64. The smallest absolute Gasteiger partial charge is 0.333 e. The van der Waals surface area contributed by atoms with E-state index in [1.807, 2.05) is 4.72 Å². The van der Waals surface area contributed by atoms with Gasteiger partial charge >= 0.3 is 6.03 Å². The molecule has 0 saturated heterocycles. The molecule has 8 heteroatoms. The highest BCUT2D eigenvalue weighted by Gasteiger charge is 2.28. The Bertz CT molecular complexity index is 1080. The van der Waals surface area contributed by atoms with Gasteiger partial charge in [0.1, 0.15) is 0 Å². The number of sulfonamides is 1. The number of carbonyl (C=O) groups is 1. The fourth-order valence-electron chi connectivity index (χ4n) is 4.66. The van der Waals surface area contributed by atoms with Crippen LogP contribution in [0.4, 0.5) is 10.5 Å². The fraction of sp³-hybridized carbons (Fsp3) is 0.522. The van der Waals surface area contributed by atoms with Crippen LogP contribution in [0.15, 0.2) is 34.0 Å². The second-order valence-corrected chi connectivity index (χ2v) is 10.8. The second kappa shape index (κ2) is 8.31. The van der Waals surface area contributed by atoms with Crippen LogP contribution in [0, 0.1) is 5.92 Å². The predicted molar refractivity (Wildman–Crippen MR) is 117 cm³/mol. The molecule has 0 bridgehead atoms. The SMILES string of the molecule is CC(C)(O)c1coc(S(=O)(=O)NC(=O)Nc2c(CC3CCCC3)ccc3c2CCC3)c1. The normalized spacial score (nSPS) is 17.0. The number of carbonyl (C=O) groups excluding carboxylic acids is 1. The molecule has 1 fully saturated rings. The van der Waals surface area contributed by atoms with E-state index >= 15 is 0 Å². The van der Waals surface area contributed by atoms with Gasteiger partial charge < -0.3 is 14.8 Å². The number of urea groups is 1. The summed E-state index contributed by atoms with van der Waals surface area (Å²) in [5, 5.41) is 12.4. The lowest BCUT2D eigenvalue weighted by Crippen LogP contribution is -2.34. The first-order valence-corrected chi connectivity index (χ1v) is 12.4. The van der Waals surface area contributed by atoms with Gasteiger partial charge in [0.25, 0.3) is 10.0 Å². The summed E-state index contributed by atoms with van der Waals surface area (Å²) in [6.07, 6.45) is 9.82. The van der Waals surface area contributed by atoms with Crippen molar-refractivity contribution in [3.8, 4) is 0 Å². The number of fused-ring (bicyclic) bond motifs is 1. The first-order valence-electron chi connectivity index (χ1n) is 10.9. The van der Waals surface area contributed by atoms with Gasteiger partial charge in [0.05, 0.1) is 11.9 Å². The number of aryl methyl sites for hydroxylation is 1. The Hall–Kier alpha value is -2.32. The molecular weight excluding hydrogens is 416 g/mol. The van der Waals surface area contributed by atoms with Gasteiger partial charge in [-0.2, -0.15) is 8.42 Å². The molecule has 4 rings (SSSR count). The van der Waals surface area contributed by atoms with Crippen LogP contribution in [0.25, 0.3) is 0 Å². The molecule has 2 aromatic rings. The van der Waals surface area contributed by atoms with Crippen LogP contribution in [-0.4, -0.2) is 19.6 Å². The molecule has 0 aliphatic heterocycles. The maximum Gasteiger partial charge on any atom is 0.333 e. The minimum absolute atomic E-state index is 0.313. The number of hydrogen-bond acceptors (Lipinski definition) is 5. The minimum Gasteiger partial charge on any atom is -0.451 e. The fourth-order valence-corrected chi connectivity index (χ4v) is 5.51. The summed E-state index contributed by atoms with van der Waals surface area (Å²) in [4.78, 5) is 12.7. The topological polar surface area (TPSA) is 109 Å². The summed E-state index contributed by atoms with van der Waals surface area (Å²) in [5.41, 5.74) is 3.22. The van der Waals surface area contributed by atoms with Crippen molar-refractivity contribution in [2.24, 2.45) is 5.92 Å². The Balaban J connectivity index is 1.54. The van der Waals surface area contributed by atoms with Crippen LogP contribution in [0.1, 0.15) is 68.2 Å². The number of rotatable bonds is 6. The van der Waals surface area contributed by atoms with E-state index < -0.39 is 26.7 Å². The van der Waals surface area contributed by atoms with Gasteiger partial charge in [-0.1, -0.05) is 37.8 Å². The number of benzene rings is 1. The van der Waals surface area contributed by atoms with Gasteiger partial charge in [0, 0.05) is 17.3 Å². The molecule has 1 heterocycles. The van der Waals surface area contributed by atoms with E-state index in [9.17, 15) is 18.3 Å². The van der Waals surface area contributed by atoms with Crippen molar-refractivity contribution < 1.29 is 22.7 Å². The molecule has 2 aliphatic carbocycles. The highest BCUT2D eigenvalue weighted by molar-refractivity contribution is 7.89. The third kappa shape index (κ3) is 4.80. The molecule has 0 radical (unpaired) electrons. The van der Waals surface area contributed by atoms with Gasteiger partial charge in [-0.25, -0.2) is 9.52 Å². The van der Waals surface area contributed by atoms with Crippen LogP contribution in [-0.2, 0) is 34.9 Å². The van der Waals surface area contributed by atoms with Gasteiger partial charge in [0.15, 0.2) is 0 Å². The molecule has 168 valence electrons. The van der Waals surface area contributed by atoms with Crippen LogP contribution in [0.2, 0.25) is 0 Å². The van der Waals surface area contributed by atoms with Crippen LogP contribution in [0.5, 0.6) is 0 Å². The Morgan fingerprint density at radius 2 is 1.94 bits per heavy atom. The van der Waals surface area contributed by atoms with E-state index in [1.54, 1.807) is 0 Å². The van der Waals surface area contributed by atoms with Gasteiger partial charge in [-0.05, 0) is 62.1 Å². The van der Waals surface area contributed by atoms with E-state index in [0.29, 0.717) is 11.5 Å². The standard InChI is InChI=1S/C23H30N2O5S/c1-23(2,27)18-13-20(30-14-18)31(28,29)25-22(26)24-21-17(12-15-6-3-4-7-15)11-10-16-8-5-9-19(16)21/h10-11,13-15,27H,3-9,12H2,1-2H3,(H2,24,25,26). The quantitative estimate of drug-likeness (QED) is 0.615. The second-order valence-electron chi connectivity index (χ2n) is 9.22. The number of amides is 2. The highest BCUT2D eigenvalue weighted by atomic mass is 32.2. The monoisotopic (exact) mass is 446 g/mol. The van der Waals surface area contributed by atoms with Gasteiger partial charge in [-0.15, -0.1) is 0 Å². The number of nitrogens with one attached hydrogen (secondary N) is 2. The van der Waals surface area contributed by atoms with E-state index in [1.165, 1.54) is 57.4 Å². The molecule has 31 heavy (non-hydrogen) atoms. The van der Waals surface area contributed by atoms with Crippen molar-refractivity contribution in [2.45, 2.75) is 75.9 Å². The molecular formula is C23H30N2O5S. The van der Waals surface area contributed by atoms with Crippen LogP contribution < -0.4 is 10.0 Å². The zero-order valence-electron chi connectivity index (χ0n) is 18.0. The first kappa shape index (κ1) is 21.9. The average molecular weight is 447 g/mol.